The van der Waals surface area contributed by atoms with Crippen molar-refractivity contribution in [2.45, 2.75) is 6.54 Å². The third kappa shape index (κ3) is 2.95. The summed E-state index contributed by atoms with van der Waals surface area (Å²) in [4.78, 5) is 13.2. The number of hydrogen-bond acceptors (Lipinski definition) is 4. The van der Waals surface area contributed by atoms with Gasteiger partial charge in [0.1, 0.15) is 5.75 Å². The van der Waals surface area contributed by atoms with E-state index in [1.807, 2.05) is 30.1 Å². The maximum atomic E-state index is 11.2. The molecule has 5 nitrogen and oxygen atoms in total. The van der Waals surface area contributed by atoms with Crippen molar-refractivity contribution in [3.05, 3.63) is 23.8 Å². The van der Waals surface area contributed by atoms with Gasteiger partial charge in [0, 0.05) is 13.1 Å². The molecule has 1 heterocycles. The minimum absolute atomic E-state index is 0.0801. The third-order valence-electron chi connectivity index (χ3n) is 2.61. The van der Waals surface area contributed by atoms with Crippen molar-refractivity contribution in [1.82, 2.24) is 4.90 Å². The van der Waals surface area contributed by atoms with Crippen molar-refractivity contribution in [3.8, 4) is 5.75 Å². The fourth-order valence-electron chi connectivity index (χ4n) is 1.79. The van der Waals surface area contributed by atoms with Gasteiger partial charge in [-0.2, -0.15) is 0 Å². The molecule has 0 bridgehead atoms. The quantitative estimate of drug-likeness (QED) is 0.796. The number of anilines is 1. The number of aliphatic hydroxyl groups is 1. The smallest absolute Gasteiger partial charge is 0.262 e. The van der Waals surface area contributed by atoms with Crippen LogP contribution in [0.5, 0.6) is 5.75 Å². The molecule has 0 saturated heterocycles. The molecule has 0 unspecified atom stereocenters. The predicted molar refractivity (Wildman–Crippen MR) is 64.0 cm³/mol. The van der Waals surface area contributed by atoms with Gasteiger partial charge in [0.15, 0.2) is 6.61 Å². The van der Waals surface area contributed by atoms with Gasteiger partial charge in [0.05, 0.1) is 12.3 Å². The van der Waals surface area contributed by atoms with E-state index in [2.05, 4.69) is 5.32 Å². The molecule has 1 aliphatic heterocycles. The molecule has 5 heteroatoms. The number of hydrogen-bond donors (Lipinski definition) is 2. The van der Waals surface area contributed by atoms with Crippen LogP contribution in [0.25, 0.3) is 0 Å². The van der Waals surface area contributed by atoms with Gasteiger partial charge < -0.3 is 15.2 Å². The molecule has 1 aliphatic rings. The molecular weight excluding hydrogens is 220 g/mol. The molecule has 0 aromatic heterocycles. The van der Waals surface area contributed by atoms with Gasteiger partial charge in [-0.25, -0.2) is 0 Å². The highest BCUT2D eigenvalue weighted by Crippen LogP contribution is 2.28. The number of benzene rings is 1. The summed E-state index contributed by atoms with van der Waals surface area (Å²) in [6.07, 6.45) is 0. The van der Waals surface area contributed by atoms with Crippen LogP contribution in [0.4, 0.5) is 5.69 Å². The largest absolute Gasteiger partial charge is 0.482 e. The molecule has 0 spiro atoms. The van der Waals surface area contributed by atoms with Crippen molar-refractivity contribution in [2.75, 3.05) is 32.1 Å². The first kappa shape index (κ1) is 11.9. The third-order valence-corrected chi connectivity index (χ3v) is 2.61. The van der Waals surface area contributed by atoms with Crippen molar-refractivity contribution in [1.29, 1.82) is 0 Å². The van der Waals surface area contributed by atoms with Gasteiger partial charge in [0.25, 0.3) is 5.91 Å². The van der Waals surface area contributed by atoms with E-state index in [4.69, 9.17) is 9.84 Å². The molecule has 1 aromatic rings. The number of nitrogens with one attached hydrogen (secondary N) is 1. The molecule has 17 heavy (non-hydrogen) atoms. The highest BCUT2D eigenvalue weighted by Gasteiger charge is 2.15. The van der Waals surface area contributed by atoms with Crippen molar-refractivity contribution in [2.24, 2.45) is 0 Å². The first-order valence-electron chi connectivity index (χ1n) is 5.54. The maximum absolute atomic E-state index is 11.2. The van der Waals surface area contributed by atoms with Gasteiger partial charge >= 0.3 is 0 Å². The number of carbonyl (C=O) groups excluding carboxylic acids is 1. The predicted octanol–water partition coefficient (Wildman–Crippen LogP) is 0.442. The standard InChI is InChI=1S/C12H16N2O3/c1-14(4-5-15)7-9-2-3-11-10(6-9)13-12(16)8-17-11/h2-3,6,15H,4-5,7-8H2,1H3,(H,13,16). The molecule has 1 amide bonds. The first-order valence-corrected chi connectivity index (χ1v) is 5.54. The van der Waals surface area contributed by atoms with Crippen LogP contribution in [0.3, 0.4) is 0 Å². The Balaban J connectivity index is 2.10. The van der Waals surface area contributed by atoms with E-state index >= 15 is 0 Å². The van der Waals surface area contributed by atoms with Crippen molar-refractivity contribution in [3.63, 3.8) is 0 Å². The Bertz CT molecular complexity index is 420. The first-order chi connectivity index (χ1) is 8.19. The number of rotatable bonds is 4. The number of fused-ring (bicyclic) bond motifs is 1. The summed E-state index contributed by atoms with van der Waals surface area (Å²) in [6.45, 7) is 1.57. The summed E-state index contributed by atoms with van der Waals surface area (Å²) in [5.74, 6) is 0.580. The lowest BCUT2D eigenvalue weighted by atomic mass is 10.1. The van der Waals surface area contributed by atoms with E-state index in [-0.39, 0.29) is 19.1 Å². The van der Waals surface area contributed by atoms with Crippen LogP contribution in [0, 0.1) is 0 Å². The van der Waals surface area contributed by atoms with E-state index in [0.717, 1.165) is 17.8 Å². The molecule has 0 radical (unpaired) electrons. The summed E-state index contributed by atoms with van der Waals surface area (Å²) in [5, 5.41) is 11.6. The van der Waals surface area contributed by atoms with Gasteiger partial charge in [-0.05, 0) is 24.7 Å². The highest BCUT2D eigenvalue weighted by molar-refractivity contribution is 5.95. The molecule has 0 saturated carbocycles. The topological polar surface area (TPSA) is 61.8 Å². The van der Waals surface area contributed by atoms with Crippen LogP contribution < -0.4 is 10.1 Å². The van der Waals surface area contributed by atoms with Crippen LogP contribution in [-0.4, -0.2) is 42.7 Å². The number of amides is 1. The number of likely N-dealkylation sites (N-methyl/N-ethyl adjacent to an activating group) is 1. The lowest BCUT2D eigenvalue weighted by Gasteiger charge is -2.20. The average Bonchev–Trinajstić information content (AvgIpc) is 2.28. The summed E-state index contributed by atoms with van der Waals surface area (Å²) >= 11 is 0. The second-order valence-corrected chi connectivity index (χ2v) is 4.13. The van der Waals surface area contributed by atoms with Gasteiger partial charge in [-0.1, -0.05) is 6.07 Å². The van der Waals surface area contributed by atoms with Crippen molar-refractivity contribution < 1.29 is 14.6 Å². The normalized spacial score (nSPS) is 14.2. The lowest BCUT2D eigenvalue weighted by Crippen LogP contribution is -2.26. The highest BCUT2D eigenvalue weighted by atomic mass is 16.5. The van der Waals surface area contributed by atoms with E-state index in [1.54, 1.807) is 0 Å². The number of carbonyl (C=O) groups is 1. The van der Waals surface area contributed by atoms with E-state index in [9.17, 15) is 4.79 Å². The zero-order valence-electron chi connectivity index (χ0n) is 9.77. The Labute approximate surface area is 100.0 Å². The Hall–Kier alpha value is -1.59. The van der Waals surface area contributed by atoms with Crippen LogP contribution in [0.1, 0.15) is 5.56 Å². The molecule has 92 valence electrons. The fourth-order valence-corrected chi connectivity index (χ4v) is 1.79. The number of aliphatic hydroxyl groups excluding tert-OH is 1. The minimum Gasteiger partial charge on any atom is -0.482 e. The van der Waals surface area contributed by atoms with E-state index < -0.39 is 0 Å². The molecule has 1 aromatic carbocycles. The summed E-state index contributed by atoms with van der Waals surface area (Å²) < 4.78 is 5.28. The maximum Gasteiger partial charge on any atom is 0.262 e. The molecule has 0 fully saturated rings. The van der Waals surface area contributed by atoms with Crippen LogP contribution >= 0.6 is 0 Å². The Morgan fingerprint density at radius 1 is 1.53 bits per heavy atom. The summed E-state index contributed by atoms with van der Waals surface area (Å²) in [5.41, 5.74) is 1.79. The Morgan fingerprint density at radius 3 is 3.12 bits per heavy atom. The van der Waals surface area contributed by atoms with E-state index in [0.29, 0.717) is 12.3 Å². The monoisotopic (exact) mass is 236 g/mol. The Kier molecular flexibility index (Phi) is 3.61. The van der Waals surface area contributed by atoms with Gasteiger partial charge in [0.2, 0.25) is 0 Å². The van der Waals surface area contributed by atoms with Crippen LogP contribution in [-0.2, 0) is 11.3 Å². The van der Waals surface area contributed by atoms with Gasteiger partial charge in [-0.3, -0.25) is 9.69 Å². The zero-order chi connectivity index (χ0) is 12.3. The molecule has 0 atom stereocenters. The molecule has 0 aliphatic carbocycles. The molecular formula is C12H16N2O3. The average molecular weight is 236 g/mol. The van der Waals surface area contributed by atoms with Crippen molar-refractivity contribution >= 4 is 11.6 Å². The van der Waals surface area contributed by atoms with E-state index in [1.165, 1.54) is 0 Å². The van der Waals surface area contributed by atoms with Crippen LogP contribution in [0.15, 0.2) is 18.2 Å². The number of nitrogens with zero attached hydrogens (tertiary/aromatic N) is 1. The zero-order valence-corrected chi connectivity index (χ0v) is 9.77. The molecule has 2 rings (SSSR count). The second kappa shape index (κ2) is 5.16. The SMILES string of the molecule is CN(CCO)Cc1ccc2c(c1)NC(=O)CO2. The van der Waals surface area contributed by atoms with Gasteiger partial charge in [-0.15, -0.1) is 0 Å². The number of ether oxygens (including phenoxy) is 1. The fraction of sp³-hybridized carbons (Fsp3) is 0.417. The lowest BCUT2D eigenvalue weighted by molar-refractivity contribution is -0.118. The Morgan fingerprint density at radius 2 is 2.35 bits per heavy atom. The van der Waals surface area contributed by atoms with Crippen LogP contribution in [0.2, 0.25) is 0 Å². The second-order valence-electron chi connectivity index (χ2n) is 4.13. The summed E-state index contributed by atoms with van der Waals surface area (Å²) in [7, 11) is 1.94. The summed E-state index contributed by atoms with van der Waals surface area (Å²) in [6, 6.07) is 5.72. The minimum atomic E-state index is -0.127. The molecule has 2 N–H and O–H groups in total.